The number of anilines is 1. The van der Waals surface area contributed by atoms with Crippen molar-refractivity contribution in [2.45, 2.75) is 17.2 Å². The van der Waals surface area contributed by atoms with Crippen LogP contribution in [0.5, 0.6) is 0 Å². The van der Waals surface area contributed by atoms with Gasteiger partial charge in [-0.15, -0.1) is 0 Å². The molecule has 2 aliphatic heterocycles. The van der Waals surface area contributed by atoms with Crippen molar-refractivity contribution in [1.82, 2.24) is 10.8 Å². The van der Waals surface area contributed by atoms with Gasteiger partial charge in [-0.2, -0.15) is 10.6 Å². The molecule has 0 aliphatic carbocycles. The fourth-order valence-electron chi connectivity index (χ4n) is 3.64. The molecule has 0 bridgehead atoms. The fraction of sp³-hybridized carbons (Fsp3) is 0.375. The normalized spacial score (nSPS) is 24.3. The highest BCUT2D eigenvalue weighted by atomic mass is 32.3. The summed E-state index contributed by atoms with van der Waals surface area (Å²) in [5.41, 5.74) is 3.10. The highest BCUT2D eigenvalue weighted by molar-refractivity contribution is 8.25. The smallest absolute Gasteiger partial charge is 0.404 e. The van der Waals surface area contributed by atoms with Crippen LogP contribution in [0.3, 0.4) is 0 Å². The molecule has 1 spiro atoms. The van der Waals surface area contributed by atoms with Crippen LogP contribution in [0.4, 0.5) is 10.5 Å². The minimum absolute atomic E-state index is 0.0331. The number of benzene rings is 1. The van der Waals surface area contributed by atoms with Crippen LogP contribution in [0, 0.1) is 0 Å². The monoisotopic (exact) mass is 383 g/mol. The Labute approximate surface area is 151 Å². The molecule has 1 unspecified atom stereocenters. The minimum atomic E-state index is -2.91. The van der Waals surface area contributed by atoms with E-state index in [9.17, 15) is 18.7 Å². The first-order chi connectivity index (χ1) is 12.3. The van der Waals surface area contributed by atoms with Gasteiger partial charge in [-0.05, 0) is 24.1 Å². The van der Waals surface area contributed by atoms with Gasteiger partial charge in [0.25, 0.3) is 5.91 Å². The summed E-state index contributed by atoms with van der Waals surface area (Å²) in [5, 5.41) is 19.8. The Morgan fingerprint density at radius 1 is 1.27 bits per heavy atom. The molecule has 2 heterocycles. The summed E-state index contributed by atoms with van der Waals surface area (Å²) < 4.78 is 20.2. The van der Waals surface area contributed by atoms with Crippen molar-refractivity contribution in [2.75, 3.05) is 23.7 Å². The molecule has 0 radical (unpaired) electrons. The number of hydrogen-bond acceptors (Lipinski definition) is 6. The first-order valence-corrected chi connectivity index (χ1v) is 9.69. The topological polar surface area (TPSA) is 142 Å². The number of hydroxylamine groups is 1. The average Bonchev–Trinajstić information content (AvgIpc) is 2.80. The maximum atomic E-state index is 11.2. The number of nitrogens with one attached hydrogen (secondary N) is 2. The van der Waals surface area contributed by atoms with Crippen molar-refractivity contribution in [3.8, 4) is 0 Å². The number of para-hydroxylation sites is 1. The zero-order valence-electron chi connectivity index (χ0n) is 13.8. The van der Waals surface area contributed by atoms with Gasteiger partial charge in [-0.3, -0.25) is 19.1 Å². The van der Waals surface area contributed by atoms with E-state index < -0.39 is 33.4 Å². The van der Waals surface area contributed by atoms with Crippen molar-refractivity contribution in [2.24, 2.45) is 0 Å². The second-order valence-electron chi connectivity index (χ2n) is 6.59. The van der Waals surface area contributed by atoms with E-state index in [0.29, 0.717) is 19.5 Å². The summed E-state index contributed by atoms with van der Waals surface area (Å²) in [6.45, 7) is 0.786. The van der Waals surface area contributed by atoms with E-state index in [-0.39, 0.29) is 5.75 Å². The van der Waals surface area contributed by atoms with Gasteiger partial charge in [0, 0.05) is 24.9 Å². The lowest BCUT2D eigenvalue weighted by molar-refractivity contribution is -0.124. The average molecular weight is 383 g/mol. The Morgan fingerprint density at radius 2 is 1.96 bits per heavy atom. The van der Waals surface area contributed by atoms with Crippen molar-refractivity contribution in [3.05, 3.63) is 35.9 Å². The summed E-state index contributed by atoms with van der Waals surface area (Å²) in [6, 6.07) is 6.85. The van der Waals surface area contributed by atoms with Gasteiger partial charge in [0.15, 0.2) is 0 Å². The van der Waals surface area contributed by atoms with Gasteiger partial charge in [0.05, 0.1) is 16.5 Å². The molecule has 1 aromatic rings. The lowest BCUT2D eigenvalue weighted by Gasteiger charge is -2.57. The first-order valence-electron chi connectivity index (χ1n) is 7.97. The number of hydrogen-bond donors (Lipinski definition) is 6. The highest BCUT2D eigenvalue weighted by Gasteiger charge is 2.59. The van der Waals surface area contributed by atoms with Crippen LogP contribution in [0.15, 0.2) is 30.3 Å². The molecule has 26 heavy (non-hydrogen) atoms. The number of nitrogens with zero attached hydrogens (tertiary/aromatic N) is 1. The predicted octanol–water partition coefficient (Wildman–Crippen LogP) is 1.55. The van der Waals surface area contributed by atoms with E-state index in [1.165, 1.54) is 11.6 Å². The second-order valence-corrected chi connectivity index (χ2v) is 9.12. The highest BCUT2D eigenvalue weighted by Crippen LogP contribution is 2.64. The van der Waals surface area contributed by atoms with Gasteiger partial charge in [0.1, 0.15) is 0 Å². The molecule has 142 valence electrons. The van der Waals surface area contributed by atoms with E-state index in [0.717, 1.165) is 11.3 Å². The molecule has 9 nitrogen and oxygen atoms in total. The number of amides is 2. The largest absolute Gasteiger partial charge is 0.465 e. The standard InChI is InChI=1S/C16H21N3O6S/c20-14(18-23)6-5-11-3-1-2-4-13(11)19-9-16(10-19)7-12(17-15(21)22)8-26(16,24)25/h1-6,12,17,23-25H,7-10H2,(H,18,20)(H,21,22). The first kappa shape index (κ1) is 18.5. The van der Waals surface area contributed by atoms with E-state index in [4.69, 9.17) is 10.3 Å². The number of carbonyl (C=O) groups is 2. The second kappa shape index (κ2) is 6.80. The molecule has 0 aromatic heterocycles. The van der Waals surface area contributed by atoms with Crippen LogP contribution < -0.4 is 15.7 Å². The third-order valence-corrected chi connectivity index (χ3v) is 7.51. The van der Waals surface area contributed by atoms with Crippen LogP contribution in [0.2, 0.25) is 0 Å². The lowest BCUT2D eigenvalue weighted by Crippen LogP contribution is -2.63. The van der Waals surface area contributed by atoms with Gasteiger partial charge in [-0.25, -0.2) is 10.3 Å². The van der Waals surface area contributed by atoms with E-state index in [1.807, 2.05) is 29.2 Å². The Bertz CT molecular complexity index is 747. The molecule has 6 N–H and O–H groups in total. The van der Waals surface area contributed by atoms with Crippen LogP contribution >= 0.6 is 10.6 Å². The van der Waals surface area contributed by atoms with Crippen LogP contribution in [0.25, 0.3) is 6.08 Å². The van der Waals surface area contributed by atoms with Gasteiger partial charge >= 0.3 is 6.09 Å². The van der Waals surface area contributed by atoms with Crippen molar-refractivity contribution >= 4 is 34.4 Å². The minimum Gasteiger partial charge on any atom is -0.465 e. The molecule has 2 amide bonds. The zero-order chi connectivity index (χ0) is 18.9. The van der Waals surface area contributed by atoms with Gasteiger partial charge < -0.3 is 15.3 Å². The molecule has 1 atom stereocenters. The summed E-state index contributed by atoms with van der Waals surface area (Å²) in [5.74, 6) is -0.613. The SMILES string of the molecule is O=C(O)NC1CC2(CN(c3ccccc3C=CC(=O)NO)C2)S(O)(O)C1. The lowest BCUT2D eigenvalue weighted by atomic mass is 9.90. The third-order valence-electron chi connectivity index (χ3n) is 4.83. The molecular formula is C16H21N3O6S. The third kappa shape index (κ3) is 3.36. The van der Waals surface area contributed by atoms with Crippen molar-refractivity contribution < 1.29 is 29.0 Å². The summed E-state index contributed by atoms with van der Waals surface area (Å²) in [4.78, 5) is 24.0. The quantitative estimate of drug-likeness (QED) is 0.263. The zero-order valence-corrected chi connectivity index (χ0v) is 14.6. The Morgan fingerprint density at radius 3 is 2.62 bits per heavy atom. The Kier molecular flexibility index (Phi) is 4.84. The molecular weight excluding hydrogens is 362 g/mol. The molecule has 2 saturated heterocycles. The molecule has 2 aliphatic rings. The van der Waals surface area contributed by atoms with Crippen LogP contribution in [-0.4, -0.2) is 61.1 Å². The van der Waals surface area contributed by atoms with Crippen LogP contribution in [-0.2, 0) is 4.79 Å². The fourth-order valence-corrected chi connectivity index (χ4v) is 5.95. The van der Waals surface area contributed by atoms with Gasteiger partial charge in [-0.1, -0.05) is 18.2 Å². The molecule has 1 aromatic carbocycles. The number of rotatable bonds is 4. The Hall–Kier alpha value is -2.27. The van der Waals surface area contributed by atoms with Crippen molar-refractivity contribution in [1.29, 1.82) is 0 Å². The van der Waals surface area contributed by atoms with E-state index >= 15 is 0 Å². The van der Waals surface area contributed by atoms with Crippen LogP contribution in [0.1, 0.15) is 12.0 Å². The molecule has 2 fully saturated rings. The Balaban J connectivity index is 1.75. The predicted molar refractivity (Wildman–Crippen MR) is 97.6 cm³/mol. The maximum Gasteiger partial charge on any atom is 0.404 e. The van der Waals surface area contributed by atoms with E-state index in [2.05, 4.69) is 5.32 Å². The van der Waals surface area contributed by atoms with Gasteiger partial charge in [0.2, 0.25) is 0 Å². The maximum absolute atomic E-state index is 11.2. The molecule has 3 rings (SSSR count). The summed E-state index contributed by atoms with van der Waals surface area (Å²) in [7, 11) is -2.91. The number of carbonyl (C=O) groups excluding carboxylic acids is 1. The van der Waals surface area contributed by atoms with E-state index in [1.54, 1.807) is 6.08 Å². The van der Waals surface area contributed by atoms with Crippen molar-refractivity contribution in [3.63, 3.8) is 0 Å². The molecule has 0 saturated carbocycles. The molecule has 10 heteroatoms. The summed E-state index contributed by atoms with van der Waals surface area (Å²) >= 11 is 0. The number of carboxylic acid groups (broad SMARTS) is 1. The summed E-state index contributed by atoms with van der Waals surface area (Å²) in [6.07, 6.45) is 1.97.